The molecule has 2 bridgehead atoms. The van der Waals surface area contributed by atoms with Crippen molar-refractivity contribution in [1.82, 2.24) is 20.4 Å². The largest absolute Gasteiger partial charge is 0.497 e. The van der Waals surface area contributed by atoms with Gasteiger partial charge in [-0.2, -0.15) is 0 Å². The van der Waals surface area contributed by atoms with Crippen LogP contribution in [-0.4, -0.2) is 81.3 Å². The molecule has 0 saturated carbocycles. The number of benzene rings is 1. The molecule has 0 radical (unpaired) electrons. The summed E-state index contributed by atoms with van der Waals surface area (Å²) in [5.74, 6) is 2.76. The molecule has 1 aromatic carbocycles. The minimum absolute atomic E-state index is 0.526. The Morgan fingerprint density at radius 2 is 1.83 bits per heavy atom. The second kappa shape index (κ2) is 10.5. The number of hydrogen-bond acceptors (Lipinski definition) is 5. The molecule has 7 heteroatoms. The molecule has 0 aliphatic carbocycles. The highest BCUT2D eigenvalue weighted by Gasteiger charge is 2.31. The van der Waals surface area contributed by atoms with Gasteiger partial charge < -0.3 is 19.8 Å². The van der Waals surface area contributed by atoms with E-state index in [1.54, 1.807) is 13.4 Å². The Morgan fingerprint density at radius 3 is 2.47 bits per heavy atom. The fourth-order valence-electron chi connectivity index (χ4n) is 4.15. The van der Waals surface area contributed by atoms with Crippen LogP contribution in [-0.2, 0) is 12.8 Å². The fourth-order valence-corrected chi connectivity index (χ4v) is 4.15. The van der Waals surface area contributed by atoms with Gasteiger partial charge in [-0.3, -0.25) is 14.8 Å². The standard InChI is InChI=1S/C23H33N5O2/c1-29-21-6-4-19(5-7-21)8-10-24-23(25-11-9-22-3-2-16-30-22)26-17-20-18-27-12-14-28(20)15-13-27/h2-7,16,20H,8-15,17-18H2,1H3,(H2,24,25,26). The minimum Gasteiger partial charge on any atom is -0.497 e. The van der Waals surface area contributed by atoms with E-state index in [-0.39, 0.29) is 0 Å². The number of aliphatic imine (C=N–C) groups is 1. The smallest absolute Gasteiger partial charge is 0.191 e. The predicted octanol–water partition coefficient (Wildman–Crippen LogP) is 1.61. The third-order valence-corrected chi connectivity index (χ3v) is 5.96. The van der Waals surface area contributed by atoms with Crippen LogP contribution in [0.15, 0.2) is 52.1 Å². The molecular weight excluding hydrogens is 378 g/mol. The van der Waals surface area contributed by atoms with Crippen LogP contribution in [0.5, 0.6) is 5.75 Å². The highest BCUT2D eigenvalue weighted by molar-refractivity contribution is 5.79. The summed E-state index contributed by atoms with van der Waals surface area (Å²) in [6.45, 7) is 8.34. The van der Waals surface area contributed by atoms with Crippen LogP contribution in [0.1, 0.15) is 11.3 Å². The Hall–Kier alpha value is -2.51. The van der Waals surface area contributed by atoms with E-state index < -0.39 is 0 Å². The van der Waals surface area contributed by atoms with Crippen LogP contribution in [0, 0.1) is 0 Å². The Balaban J connectivity index is 1.29. The van der Waals surface area contributed by atoms with Crippen molar-refractivity contribution >= 4 is 5.96 Å². The molecule has 1 atom stereocenters. The number of fused-ring (bicyclic) bond motifs is 3. The van der Waals surface area contributed by atoms with E-state index >= 15 is 0 Å². The molecule has 0 spiro atoms. The summed E-state index contributed by atoms with van der Waals surface area (Å²) in [5.41, 5.74) is 1.28. The summed E-state index contributed by atoms with van der Waals surface area (Å²) >= 11 is 0. The molecule has 162 valence electrons. The van der Waals surface area contributed by atoms with Crippen LogP contribution in [0.4, 0.5) is 0 Å². The average Bonchev–Trinajstić information content (AvgIpc) is 3.32. The molecule has 5 rings (SSSR count). The molecule has 4 heterocycles. The lowest BCUT2D eigenvalue weighted by Crippen LogP contribution is -2.62. The summed E-state index contributed by atoms with van der Waals surface area (Å²) in [4.78, 5) is 10.1. The lowest BCUT2D eigenvalue weighted by Gasteiger charge is -2.47. The molecule has 3 aliphatic rings. The number of furan rings is 1. The monoisotopic (exact) mass is 411 g/mol. The molecule has 2 aromatic rings. The maximum absolute atomic E-state index is 5.44. The SMILES string of the molecule is COc1ccc(CCNC(=NCC2CN3CCN2CC3)NCCc2ccco2)cc1. The topological polar surface area (TPSA) is 65.3 Å². The van der Waals surface area contributed by atoms with E-state index in [2.05, 4.69) is 32.6 Å². The summed E-state index contributed by atoms with van der Waals surface area (Å²) in [7, 11) is 1.69. The Kier molecular flexibility index (Phi) is 7.26. The molecule has 3 saturated heterocycles. The van der Waals surface area contributed by atoms with E-state index in [1.807, 2.05) is 24.3 Å². The molecular formula is C23H33N5O2. The summed E-state index contributed by atoms with van der Waals surface area (Å²) in [6.07, 6.45) is 3.50. The van der Waals surface area contributed by atoms with Crippen molar-refractivity contribution in [2.45, 2.75) is 18.9 Å². The van der Waals surface area contributed by atoms with E-state index in [9.17, 15) is 0 Å². The molecule has 3 aliphatic heterocycles. The zero-order chi connectivity index (χ0) is 20.6. The molecule has 30 heavy (non-hydrogen) atoms. The summed E-state index contributed by atoms with van der Waals surface area (Å²) in [6, 6.07) is 12.7. The molecule has 1 unspecified atom stereocenters. The third kappa shape index (κ3) is 5.77. The molecule has 7 nitrogen and oxygen atoms in total. The van der Waals surface area contributed by atoms with Gasteiger partial charge >= 0.3 is 0 Å². The molecule has 0 amide bonds. The fraction of sp³-hybridized carbons (Fsp3) is 0.522. The number of methoxy groups -OCH3 is 1. The molecule has 2 N–H and O–H groups in total. The van der Waals surface area contributed by atoms with Gasteiger partial charge in [0.1, 0.15) is 11.5 Å². The second-order valence-electron chi connectivity index (χ2n) is 7.96. The zero-order valence-corrected chi connectivity index (χ0v) is 17.8. The van der Waals surface area contributed by atoms with Gasteiger partial charge in [-0.1, -0.05) is 12.1 Å². The van der Waals surface area contributed by atoms with Gasteiger partial charge in [0.05, 0.1) is 19.9 Å². The minimum atomic E-state index is 0.526. The highest BCUT2D eigenvalue weighted by Crippen LogP contribution is 2.15. The van der Waals surface area contributed by atoms with Crippen LogP contribution < -0.4 is 15.4 Å². The lowest BCUT2D eigenvalue weighted by molar-refractivity contribution is 0.0174. The average molecular weight is 412 g/mol. The van der Waals surface area contributed by atoms with Crippen molar-refractivity contribution in [3.8, 4) is 5.75 Å². The van der Waals surface area contributed by atoms with Gasteiger partial charge in [-0.05, 0) is 36.2 Å². The van der Waals surface area contributed by atoms with E-state index in [1.165, 1.54) is 31.7 Å². The number of nitrogens with one attached hydrogen (secondary N) is 2. The van der Waals surface area contributed by atoms with Crippen molar-refractivity contribution in [2.24, 2.45) is 4.99 Å². The van der Waals surface area contributed by atoms with Crippen molar-refractivity contribution in [2.75, 3.05) is 59.5 Å². The van der Waals surface area contributed by atoms with Crippen LogP contribution >= 0.6 is 0 Å². The quantitative estimate of drug-likeness (QED) is 0.483. The van der Waals surface area contributed by atoms with Gasteiger partial charge in [-0.25, -0.2) is 0 Å². The van der Waals surface area contributed by atoms with Gasteiger partial charge in [0.25, 0.3) is 0 Å². The first-order chi connectivity index (χ1) is 14.8. The first kappa shape index (κ1) is 20.8. The number of piperazine rings is 3. The first-order valence-corrected chi connectivity index (χ1v) is 10.9. The number of guanidine groups is 1. The van der Waals surface area contributed by atoms with E-state index in [4.69, 9.17) is 14.1 Å². The van der Waals surface area contributed by atoms with Crippen molar-refractivity contribution in [3.05, 3.63) is 54.0 Å². The second-order valence-corrected chi connectivity index (χ2v) is 7.96. The van der Waals surface area contributed by atoms with Crippen molar-refractivity contribution in [1.29, 1.82) is 0 Å². The summed E-state index contributed by atoms with van der Waals surface area (Å²) < 4.78 is 10.7. The molecule has 1 aromatic heterocycles. The normalized spacial score (nSPS) is 23.4. The summed E-state index contributed by atoms with van der Waals surface area (Å²) in [5, 5.41) is 6.98. The number of hydrogen-bond donors (Lipinski definition) is 2. The van der Waals surface area contributed by atoms with Gasteiger partial charge in [-0.15, -0.1) is 0 Å². The van der Waals surface area contributed by atoms with Gasteiger partial charge in [0.2, 0.25) is 0 Å². The number of ether oxygens (including phenoxy) is 1. The maximum atomic E-state index is 5.44. The number of rotatable bonds is 9. The predicted molar refractivity (Wildman–Crippen MR) is 119 cm³/mol. The third-order valence-electron chi connectivity index (χ3n) is 5.96. The Morgan fingerprint density at radius 1 is 1.07 bits per heavy atom. The van der Waals surface area contributed by atoms with Crippen LogP contribution in [0.25, 0.3) is 0 Å². The van der Waals surface area contributed by atoms with Gasteiger partial charge in [0.15, 0.2) is 5.96 Å². The van der Waals surface area contributed by atoms with E-state index in [0.29, 0.717) is 6.04 Å². The van der Waals surface area contributed by atoms with Crippen molar-refractivity contribution in [3.63, 3.8) is 0 Å². The van der Waals surface area contributed by atoms with Crippen molar-refractivity contribution < 1.29 is 9.15 Å². The first-order valence-electron chi connectivity index (χ1n) is 10.9. The molecule has 3 fully saturated rings. The zero-order valence-electron chi connectivity index (χ0n) is 17.8. The van der Waals surface area contributed by atoms with E-state index in [0.717, 1.165) is 56.5 Å². The Bertz CT molecular complexity index is 782. The van der Waals surface area contributed by atoms with Crippen LogP contribution in [0.3, 0.4) is 0 Å². The van der Waals surface area contributed by atoms with Gasteiger partial charge in [0, 0.05) is 58.3 Å². The lowest BCUT2D eigenvalue weighted by atomic mass is 10.1. The van der Waals surface area contributed by atoms with Crippen LogP contribution in [0.2, 0.25) is 0 Å². The Labute approximate surface area is 179 Å². The maximum Gasteiger partial charge on any atom is 0.191 e. The number of nitrogens with zero attached hydrogens (tertiary/aromatic N) is 3. The highest BCUT2D eigenvalue weighted by atomic mass is 16.5.